The van der Waals surface area contributed by atoms with E-state index < -0.39 is 0 Å². The Morgan fingerprint density at radius 3 is 2.84 bits per heavy atom. The van der Waals surface area contributed by atoms with Crippen LogP contribution in [0, 0.1) is 5.92 Å². The first-order valence-electron chi connectivity index (χ1n) is 7.50. The van der Waals surface area contributed by atoms with Gasteiger partial charge >= 0.3 is 0 Å². The lowest BCUT2D eigenvalue weighted by Crippen LogP contribution is -2.15. The van der Waals surface area contributed by atoms with Crippen LogP contribution in [0.3, 0.4) is 0 Å². The Kier molecular flexibility index (Phi) is 5.00. The zero-order chi connectivity index (χ0) is 13.7. The van der Waals surface area contributed by atoms with E-state index in [-0.39, 0.29) is 11.5 Å². The van der Waals surface area contributed by atoms with Gasteiger partial charge in [0, 0.05) is 18.5 Å². The quantitative estimate of drug-likeness (QED) is 0.774. The Balaban J connectivity index is 1.80. The van der Waals surface area contributed by atoms with Gasteiger partial charge in [-0.15, -0.1) is 0 Å². The van der Waals surface area contributed by atoms with Crippen molar-refractivity contribution in [3.8, 4) is 0 Å². The number of hydrogen-bond donors (Lipinski definition) is 2. The highest BCUT2D eigenvalue weighted by atomic mass is 16.1. The van der Waals surface area contributed by atoms with Crippen molar-refractivity contribution in [2.75, 3.05) is 11.9 Å². The average molecular weight is 263 g/mol. The number of nitrogens with zero attached hydrogens (tertiary/aromatic N) is 1. The molecule has 0 bridgehead atoms. The first-order valence-corrected chi connectivity index (χ1v) is 7.50. The Hall–Kier alpha value is -1.32. The topological polar surface area (TPSA) is 57.8 Å². The monoisotopic (exact) mass is 263 g/mol. The third-order valence-electron chi connectivity index (χ3n) is 3.88. The molecule has 4 heteroatoms. The van der Waals surface area contributed by atoms with E-state index in [0.717, 1.165) is 24.7 Å². The van der Waals surface area contributed by atoms with Crippen molar-refractivity contribution in [1.29, 1.82) is 0 Å². The molecule has 1 heterocycles. The Morgan fingerprint density at radius 1 is 1.42 bits per heavy atom. The van der Waals surface area contributed by atoms with Crippen molar-refractivity contribution in [2.24, 2.45) is 5.92 Å². The van der Waals surface area contributed by atoms with Crippen molar-refractivity contribution in [3.05, 3.63) is 22.2 Å². The molecule has 0 unspecified atom stereocenters. The molecule has 0 aromatic carbocycles. The van der Waals surface area contributed by atoms with Gasteiger partial charge in [0.25, 0.3) is 5.56 Å². The summed E-state index contributed by atoms with van der Waals surface area (Å²) in [5.74, 6) is 2.64. The number of aromatic amines is 1. The fraction of sp³-hybridized carbons (Fsp3) is 0.733. The highest BCUT2D eigenvalue weighted by Gasteiger charge is 2.14. The highest BCUT2D eigenvalue weighted by Crippen LogP contribution is 2.28. The zero-order valence-corrected chi connectivity index (χ0v) is 12.0. The number of anilines is 1. The predicted molar refractivity (Wildman–Crippen MR) is 78.6 cm³/mol. The fourth-order valence-corrected chi connectivity index (χ4v) is 2.75. The van der Waals surface area contributed by atoms with Crippen LogP contribution in [0.15, 0.2) is 10.9 Å². The third-order valence-corrected chi connectivity index (χ3v) is 3.88. The summed E-state index contributed by atoms with van der Waals surface area (Å²) in [6.07, 6.45) is 8.09. The van der Waals surface area contributed by atoms with E-state index in [2.05, 4.69) is 15.3 Å². The molecule has 1 aromatic heterocycles. The summed E-state index contributed by atoms with van der Waals surface area (Å²) in [6, 6.07) is 1.54. The van der Waals surface area contributed by atoms with Gasteiger partial charge in [0.05, 0.1) is 0 Å². The maximum atomic E-state index is 11.5. The smallest absolute Gasteiger partial charge is 0.252 e. The summed E-state index contributed by atoms with van der Waals surface area (Å²) in [4.78, 5) is 18.7. The predicted octanol–water partition coefficient (Wildman–Crippen LogP) is 3.28. The molecule has 106 valence electrons. The van der Waals surface area contributed by atoms with Crippen LogP contribution < -0.4 is 10.9 Å². The van der Waals surface area contributed by atoms with Crippen LogP contribution in [0.4, 0.5) is 5.82 Å². The molecule has 2 rings (SSSR count). The van der Waals surface area contributed by atoms with Gasteiger partial charge in [0.2, 0.25) is 0 Å². The molecule has 2 N–H and O–H groups in total. The average Bonchev–Trinajstić information content (AvgIpc) is 2.87. The largest absolute Gasteiger partial charge is 0.370 e. The Morgan fingerprint density at radius 2 is 2.16 bits per heavy atom. The molecule has 1 aliphatic rings. The number of H-pyrrole nitrogens is 1. The molecule has 1 aliphatic carbocycles. The van der Waals surface area contributed by atoms with E-state index in [1.165, 1.54) is 32.1 Å². The summed E-state index contributed by atoms with van der Waals surface area (Å²) in [5, 5.41) is 3.27. The SMILES string of the molecule is CC(C)c1nc(NCCCC2CCCC2)cc(=O)[nH]1. The molecule has 1 fully saturated rings. The lowest BCUT2D eigenvalue weighted by molar-refractivity contribution is 0.491. The van der Waals surface area contributed by atoms with Crippen molar-refractivity contribution in [1.82, 2.24) is 9.97 Å². The van der Waals surface area contributed by atoms with Crippen molar-refractivity contribution < 1.29 is 0 Å². The van der Waals surface area contributed by atoms with Gasteiger partial charge in [0.1, 0.15) is 11.6 Å². The normalized spacial score (nSPS) is 16.2. The number of nitrogens with one attached hydrogen (secondary N) is 2. The molecule has 0 saturated heterocycles. The van der Waals surface area contributed by atoms with E-state index in [1.807, 2.05) is 13.8 Å². The van der Waals surface area contributed by atoms with Gasteiger partial charge in [-0.25, -0.2) is 4.98 Å². The first kappa shape index (κ1) is 14.1. The molecular weight excluding hydrogens is 238 g/mol. The molecule has 1 aromatic rings. The summed E-state index contributed by atoms with van der Waals surface area (Å²) >= 11 is 0. The fourth-order valence-electron chi connectivity index (χ4n) is 2.75. The molecule has 0 atom stereocenters. The minimum Gasteiger partial charge on any atom is -0.370 e. The second-order valence-electron chi connectivity index (χ2n) is 5.89. The van der Waals surface area contributed by atoms with E-state index in [1.54, 1.807) is 6.07 Å². The summed E-state index contributed by atoms with van der Waals surface area (Å²) in [7, 11) is 0. The molecular formula is C15H25N3O. The van der Waals surface area contributed by atoms with Crippen molar-refractivity contribution in [3.63, 3.8) is 0 Å². The molecule has 0 spiro atoms. The molecule has 19 heavy (non-hydrogen) atoms. The first-order chi connectivity index (χ1) is 9.15. The minimum absolute atomic E-state index is 0.0722. The van der Waals surface area contributed by atoms with Gasteiger partial charge < -0.3 is 10.3 Å². The lowest BCUT2D eigenvalue weighted by Gasteiger charge is -2.11. The van der Waals surface area contributed by atoms with Crippen LogP contribution in [0.5, 0.6) is 0 Å². The van der Waals surface area contributed by atoms with Crippen LogP contribution in [-0.4, -0.2) is 16.5 Å². The lowest BCUT2D eigenvalue weighted by atomic mass is 10.0. The van der Waals surface area contributed by atoms with Gasteiger partial charge in [-0.3, -0.25) is 4.79 Å². The van der Waals surface area contributed by atoms with Crippen LogP contribution >= 0.6 is 0 Å². The van der Waals surface area contributed by atoms with E-state index in [0.29, 0.717) is 5.82 Å². The van der Waals surface area contributed by atoms with Crippen molar-refractivity contribution in [2.45, 2.75) is 58.3 Å². The van der Waals surface area contributed by atoms with Gasteiger partial charge in [-0.1, -0.05) is 39.5 Å². The summed E-state index contributed by atoms with van der Waals surface area (Å²) in [5.41, 5.74) is -0.0722. The van der Waals surface area contributed by atoms with E-state index in [9.17, 15) is 4.79 Å². The van der Waals surface area contributed by atoms with Crippen LogP contribution in [-0.2, 0) is 0 Å². The number of hydrogen-bond acceptors (Lipinski definition) is 3. The van der Waals surface area contributed by atoms with Crippen LogP contribution in [0.2, 0.25) is 0 Å². The maximum Gasteiger partial charge on any atom is 0.252 e. The number of rotatable bonds is 6. The van der Waals surface area contributed by atoms with Gasteiger partial charge in [0.15, 0.2) is 0 Å². The molecule has 0 amide bonds. The second-order valence-corrected chi connectivity index (χ2v) is 5.89. The Bertz CT molecular complexity index is 447. The maximum absolute atomic E-state index is 11.5. The Labute approximate surface area is 115 Å². The van der Waals surface area contributed by atoms with Crippen molar-refractivity contribution >= 4 is 5.82 Å². The molecule has 4 nitrogen and oxygen atoms in total. The second kappa shape index (κ2) is 6.73. The van der Waals surface area contributed by atoms with Crippen LogP contribution in [0.25, 0.3) is 0 Å². The molecule has 0 radical (unpaired) electrons. The van der Waals surface area contributed by atoms with E-state index in [4.69, 9.17) is 0 Å². The standard InChI is InChI=1S/C15H25N3O/c1-11(2)15-17-13(10-14(19)18-15)16-9-5-8-12-6-3-4-7-12/h10-12H,3-9H2,1-2H3,(H2,16,17,18,19). The summed E-state index contributed by atoms with van der Waals surface area (Å²) < 4.78 is 0. The highest BCUT2D eigenvalue weighted by molar-refractivity contribution is 5.33. The zero-order valence-electron chi connectivity index (χ0n) is 12.0. The minimum atomic E-state index is -0.0722. The number of aromatic nitrogens is 2. The molecule has 1 saturated carbocycles. The third kappa shape index (κ3) is 4.37. The van der Waals surface area contributed by atoms with Gasteiger partial charge in [-0.2, -0.15) is 0 Å². The van der Waals surface area contributed by atoms with E-state index >= 15 is 0 Å². The van der Waals surface area contributed by atoms with Gasteiger partial charge in [-0.05, 0) is 18.8 Å². The van der Waals surface area contributed by atoms with Crippen LogP contribution in [0.1, 0.15) is 64.1 Å². The summed E-state index contributed by atoms with van der Waals surface area (Å²) in [6.45, 7) is 4.97. The molecule has 0 aliphatic heterocycles.